The minimum absolute atomic E-state index is 0.000265. The van der Waals surface area contributed by atoms with Crippen LogP contribution in [0.4, 0.5) is 0 Å². The maximum Gasteiger partial charge on any atom is 0.306 e. The molecule has 2 aromatic rings. The van der Waals surface area contributed by atoms with Crippen LogP contribution in [0.3, 0.4) is 0 Å². The van der Waals surface area contributed by atoms with Crippen LogP contribution in [0.15, 0.2) is 36.0 Å². The average Bonchev–Trinajstić information content (AvgIpc) is 3.58. The van der Waals surface area contributed by atoms with Gasteiger partial charge >= 0.3 is 5.97 Å². The van der Waals surface area contributed by atoms with Gasteiger partial charge in [0.05, 0.1) is 35.5 Å². The van der Waals surface area contributed by atoms with Gasteiger partial charge in [-0.1, -0.05) is 50.2 Å². The zero-order valence-electron chi connectivity index (χ0n) is 27.2. The fourth-order valence-electron chi connectivity index (χ4n) is 9.60. The third-order valence-corrected chi connectivity index (χ3v) is 12.6. The molecule has 3 saturated carbocycles. The number of hydrogen-bond acceptors (Lipinski definition) is 9. The predicted molar refractivity (Wildman–Crippen MR) is 176 cm³/mol. The number of aliphatic hydroxyl groups excluding tert-OH is 1. The number of allylic oxidation sites excluding steroid dienone is 1. The topological polar surface area (TPSA) is 165 Å². The first kappa shape index (κ1) is 33.2. The molecule has 1 aromatic heterocycles. The second-order valence-corrected chi connectivity index (χ2v) is 15.1. The van der Waals surface area contributed by atoms with Gasteiger partial charge in [0.25, 0.3) is 0 Å². The van der Waals surface area contributed by atoms with E-state index in [2.05, 4.69) is 13.0 Å². The van der Waals surface area contributed by atoms with Crippen molar-refractivity contribution < 1.29 is 29.0 Å². The number of ether oxygens (including phenoxy) is 1. The summed E-state index contributed by atoms with van der Waals surface area (Å²) in [4.78, 5) is 50.4. The second kappa shape index (κ2) is 12.4. The van der Waals surface area contributed by atoms with Gasteiger partial charge in [-0.15, -0.1) is 0 Å². The van der Waals surface area contributed by atoms with E-state index in [4.69, 9.17) is 15.6 Å². The SMILES string of the molecule is CCC(=O)O[C@]1(C(=O)SCC#N)CC[C@H]2[C@@H]3CCC4=Cc5c(cnn5-c5cccc(C(=O)CCC(N)=O)c5)C[C@]4(C)[C@H]3[C@@H](O)C[C@@]21C. The van der Waals surface area contributed by atoms with E-state index in [1.165, 1.54) is 5.57 Å². The Morgan fingerprint density at radius 1 is 1.21 bits per heavy atom. The number of fused-ring (bicyclic) bond motifs is 6. The number of amides is 1. The molecule has 7 atom stereocenters. The number of nitrogens with two attached hydrogens (primary N) is 1. The number of carbonyl (C=O) groups is 4. The molecule has 3 N–H and O–H groups in total. The van der Waals surface area contributed by atoms with E-state index in [9.17, 15) is 29.5 Å². The minimum atomic E-state index is -1.37. The number of rotatable bonds is 9. The van der Waals surface area contributed by atoms with Crippen molar-refractivity contribution in [2.75, 3.05) is 5.75 Å². The van der Waals surface area contributed by atoms with Gasteiger partial charge in [-0.3, -0.25) is 19.2 Å². The van der Waals surface area contributed by atoms with E-state index in [0.717, 1.165) is 41.5 Å². The number of carbonyl (C=O) groups excluding carboxylic acids is 4. The van der Waals surface area contributed by atoms with Crippen molar-refractivity contribution in [3.05, 3.63) is 52.9 Å². The summed E-state index contributed by atoms with van der Waals surface area (Å²) in [6.07, 6.45) is 7.36. The highest BCUT2D eigenvalue weighted by molar-refractivity contribution is 8.14. The largest absolute Gasteiger partial charge is 0.449 e. The normalized spacial score (nSPS) is 32.1. The number of nitrogens with zero attached hydrogens (tertiary/aromatic N) is 3. The monoisotopic (exact) mass is 658 g/mol. The lowest BCUT2D eigenvalue weighted by Crippen LogP contribution is -2.62. The van der Waals surface area contributed by atoms with E-state index in [0.29, 0.717) is 31.2 Å². The predicted octanol–water partition coefficient (Wildman–Crippen LogP) is 4.95. The van der Waals surface area contributed by atoms with Crippen LogP contribution in [-0.2, 0) is 25.5 Å². The molecule has 0 bridgehead atoms. The Kier molecular flexibility index (Phi) is 8.72. The Balaban J connectivity index is 1.30. The summed E-state index contributed by atoms with van der Waals surface area (Å²) >= 11 is 0.911. The zero-order valence-corrected chi connectivity index (χ0v) is 28.0. The van der Waals surface area contributed by atoms with Gasteiger partial charge in [-0.05, 0) is 85.5 Å². The summed E-state index contributed by atoms with van der Waals surface area (Å²) < 4.78 is 7.94. The number of thioether (sulfide) groups is 1. The lowest BCUT2D eigenvalue weighted by atomic mass is 9.45. The summed E-state index contributed by atoms with van der Waals surface area (Å²) in [5, 5.41) is 25.7. The molecule has 4 aliphatic rings. The van der Waals surface area contributed by atoms with Gasteiger partial charge in [-0.25, -0.2) is 4.68 Å². The molecule has 47 heavy (non-hydrogen) atoms. The van der Waals surface area contributed by atoms with Crippen LogP contribution in [0.2, 0.25) is 0 Å². The fraction of sp³-hybridized carbons (Fsp3) is 0.556. The lowest BCUT2D eigenvalue weighted by molar-refractivity contribution is -0.196. The number of benzene rings is 1. The summed E-state index contributed by atoms with van der Waals surface area (Å²) in [6.45, 7) is 5.97. The van der Waals surface area contributed by atoms with Gasteiger partial charge in [0.1, 0.15) is 0 Å². The number of aromatic nitrogens is 2. The van der Waals surface area contributed by atoms with E-state index in [1.807, 2.05) is 36.0 Å². The number of Topliss-reactive ketones (excluding diaryl/α,β-unsaturated/α-hetero) is 1. The first-order valence-corrected chi connectivity index (χ1v) is 17.5. The highest BCUT2D eigenvalue weighted by Gasteiger charge is 2.70. The number of nitriles is 1. The van der Waals surface area contributed by atoms with Crippen molar-refractivity contribution in [1.29, 1.82) is 5.26 Å². The standard InChI is InChI=1S/C36H42N4O6S/c1-4-31(44)46-36(33(45)47-15-14-37)13-12-26-25-9-8-23-17-27-22(18-34(23,2)32(25)29(42)19-35(26,36)3)20-39-40(27)24-7-5-6-21(16-24)28(41)10-11-30(38)43/h5-7,16-17,20,25-26,29,32,42H,4,8-13,15,18-19H2,1-3H3,(H2,38,43)/t25-,26-,29-,32+,34-,35-,36-/m0/s1. The molecular weight excluding hydrogens is 616 g/mol. The fourth-order valence-corrected chi connectivity index (χ4v) is 10.4. The number of esters is 1. The molecule has 4 aliphatic carbocycles. The highest BCUT2D eigenvalue weighted by atomic mass is 32.2. The van der Waals surface area contributed by atoms with Gasteiger partial charge in [0.15, 0.2) is 11.4 Å². The molecule has 248 valence electrons. The van der Waals surface area contributed by atoms with E-state index < -0.39 is 29.0 Å². The van der Waals surface area contributed by atoms with Gasteiger partial charge in [0.2, 0.25) is 11.0 Å². The van der Waals surface area contributed by atoms with Gasteiger partial charge < -0.3 is 15.6 Å². The Hall–Kier alpha value is -3.75. The van der Waals surface area contributed by atoms with E-state index in [-0.39, 0.29) is 59.1 Å². The molecule has 11 heteroatoms. The summed E-state index contributed by atoms with van der Waals surface area (Å²) in [7, 11) is 0. The molecule has 0 spiro atoms. The van der Waals surface area contributed by atoms with Gasteiger partial charge in [0, 0.05) is 30.2 Å². The maximum atomic E-state index is 13.8. The average molecular weight is 659 g/mol. The summed E-state index contributed by atoms with van der Waals surface area (Å²) in [6, 6.07) is 9.26. The smallest absolute Gasteiger partial charge is 0.306 e. The van der Waals surface area contributed by atoms with Crippen molar-refractivity contribution in [3.8, 4) is 11.8 Å². The van der Waals surface area contributed by atoms with E-state index in [1.54, 1.807) is 19.1 Å². The number of aliphatic hydroxyl groups is 1. The van der Waals surface area contributed by atoms with Crippen molar-refractivity contribution in [2.24, 2.45) is 34.3 Å². The molecule has 0 unspecified atom stereocenters. The molecular formula is C36H42N4O6S. The quantitative estimate of drug-likeness (QED) is 0.280. The zero-order chi connectivity index (χ0) is 33.7. The Bertz CT molecular complexity index is 1710. The number of hydrogen-bond donors (Lipinski definition) is 2. The molecule has 10 nitrogen and oxygen atoms in total. The minimum Gasteiger partial charge on any atom is -0.449 e. The van der Waals surface area contributed by atoms with Crippen LogP contribution in [0, 0.1) is 39.9 Å². The first-order chi connectivity index (χ1) is 22.4. The second-order valence-electron chi connectivity index (χ2n) is 14.1. The Morgan fingerprint density at radius 2 is 2.00 bits per heavy atom. The molecule has 6 rings (SSSR count). The molecule has 1 amide bonds. The molecule has 0 aliphatic heterocycles. The van der Waals surface area contributed by atoms with Crippen LogP contribution < -0.4 is 5.73 Å². The van der Waals surface area contributed by atoms with Crippen molar-refractivity contribution in [3.63, 3.8) is 0 Å². The molecule has 1 heterocycles. The molecule has 0 radical (unpaired) electrons. The van der Waals surface area contributed by atoms with Crippen molar-refractivity contribution in [2.45, 2.75) is 90.3 Å². The third kappa shape index (κ3) is 5.34. The van der Waals surface area contributed by atoms with Crippen LogP contribution in [0.5, 0.6) is 0 Å². The first-order valence-electron chi connectivity index (χ1n) is 16.5. The maximum absolute atomic E-state index is 13.8. The summed E-state index contributed by atoms with van der Waals surface area (Å²) in [5.41, 5.74) is 7.31. The Labute approximate surface area is 279 Å². The third-order valence-electron chi connectivity index (χ3n) is 11.7. The molecule has 3 fully saturated rings. The molecule has 1 aromatic carbocycles. The van der Waals surface area contributed by atoms with E-state index >= 15 is 0 Å². The highest BCUT2D eigenvalue weighted by Crippen LogP contribution is 2.69. The van der Waals surface area contributed by atoms with Crippen molar-refractivity contribution >= 4 is 40.6 Å². The Morgan fingerprint density at radius 3 is 2.72 bits per heavy atom. The van der Waals surface area contributed by atoms with Crippen LogP contribution >= 0.6 is 11.8 Å². The van der Waals surface area contributed by atoms with Crippen LogP contribution in [0.25, 0.3) is 11.8 Å². The number of primary amides is 1. The lowest BCUT2D eigenvalue weighted by Gasteiger charge is -2.60. The van der Waals surface area contributed by atoms with Gasteiger partial charge in [-0.2, -0.15) is 10.4 Å². The molecule has 0 saturated heterocycles. The van der Waals surface area contributed by atoms with Crippen molar-refractivity contribution in [1.82, 2.24) is 9.78 Å². The van der Waals surface area contributed by atoms with Crippen LogP contribution in [-0.4, -0.2) is 55.1 Å². The summed E-state index contributed by atoms with van der Waals surface area (Å²) in [5.74, 6) is -0.970. The number of ketones is 1. The van der Waals surface area contributed by atoms with Crippen LogP contribution in [0.1, 0.15) is 93.8 Å².